The van der Waals surface area contributed by atoms with Crippen molar-refractivity contribution in [3.05, 3.63) is 32.2 Å². The molecule has 0 N–H and O–H groups in total. The van der Waals surface area contributed by atoms with Gasteiger partial charge in [0.25, 0.3) is 0 Å². The van der Waals surface area contributed by atoms with E-state index in [2.05, 4.69) is 0 Å². The van der Waals surface area contributed by atoms with E-state index in [1.54, 1.807) is 12.1 Å². The summed E-state index contributed by atoms with van der Waals surface area (Å²) >= 11 is 22.5. The summed E-state index contributed by atoms with van der Waals surface area (Å²) in [5, 5.41) is 1.43. The number of hydrogen-bond donors (Lipinski definition) is 0. The predicted octanol–water partition coefficient (Wildman–Crippen LogP) is 5.33. The van der Waals surface area contributed by atoms with Gasteiger partial charge in [-0.15, -0.1) is 0 Å². The summed E-state index contributed by atoms with van der Waals surface area (Å²) in [4.78, 5) is 0. The lowest BCUT2D eigenvalue weighted by Crippen LogP contribution is -1.71. The highest BCUT2D eigenvalue weighted by atomic mass is 35.5. The molecular formula is C8H8Cl4. The maximum Gasteiger partial charge on any atom is 0.0793 e. The minimum absolute atomic E-state index is 0.302. The van der Waals surface area contributed by atoms with E-state index in [9.17, 15) is 0 Å². The fourth-order valence-corrected chi connectivity index (χ4v) is 1.24. The number of benzene rings is 1. The van der Waals surface area contributed by atoms with Crippen molar-refractivity contribution in [1.29, 1.82) is 0 Å². The maximum atomic E-state index is 5.63. The fourth-order valence-electron chi connectivity index (χ4n) is 0.502. The van der Waals surface area contributed by atoms with Crippen molar-refractivity contribution in [2.24, 2.45) is 0 Å². The van der Waals surface area contributed by atoms with E-state index in [0.29, 0.717) is 20.1 Å². The molecule has 0 aromatic heterocycles. The Bertz CT molecular complexity index is 230. The average molecular weight is 246 g/mol. The van der Waals surface area contributed by atoms with E-state index < -0.39 is 0 Å². The lowest BCUT2D eigenvalue weighted by atomic mass is 10.4. The van der Waals surface area contributed by atoms with Crippen molar-refractivity contribution in [1.82, 2.24) is 0 Å². The minimum Gasteiger partial charge on any atom is -0.0827 e. The molecule has 0 fully saturated rings. The average Bonchev–Trinajstić information content (AvgIpc) is 2.12. The Kier molecular flexibility index (Phi) is 6.12. The van der Waals surface area contributed by atoms with Crippen LogP contribution >= 0.6 is 46.4 Å². The van der Waals surface area contributed by atoms with Gasteiger partial charge in [0.2, 0.25) is 0 Å². The molecule has 0 saturated carbocycles. The van der Waals surface area contributed by atoms with E-state index in [-0.39, 0.29) is 0 Å². The first-order chi connectivity index (χ1) is 5.63. The SMILES string of the molecule is CC.Clc1ccc(Cl)c(Cl)c1Cl. The molecule has 0 spiro atoms. The first-order valence-electron chi connectivity index (χ1n) is 3.42. The molecule has 0 heterocycles. The van der Waals surface area contributed by atoms with Crippen molar-refractivity contribution in [2.75, 3.05) is 0 Å². The highest BCUT2D eigenvalue weighted by Crippen LogP contribution is 2.34. The molecule has 0 atom stereocenters. The summed E-state index contributed by atoms with van der Waals surface area (Å²) in [6.45, 7) is 4.00. The van der Waals surface area contributed by atoms with E-state index in [1.807, 2.05) is 13.8 Å². The van der Waals surface area contributed by atoms with Gasteiger partial charge in [-0.2, -0.15) is 0 Å². The molecule has 0 amide bonds. The largest absolute Gasteiger partial charge is 0.0827 e. The number of rotatable bonds is 0. The second kappa shape index (κ2) is 5.93. The lowest BCUT2D eigenvalue weighted by molar-refractivity contribution is 1.50. The van der Waals surface area contributed by atoms with Crippen LogP contribution in [0.1, 0.15) is 13.8 Å². The zero-order chi connectivity index (χ0) is 9.72. The van der Waals surface area contributed by atoms with Gasteiger partial charge in [-0.05, 0) is 12.1 Å². The molecule has 0 nitrogen and oxygen atoms in total. The van der Waals surface area contributed by atoms with Gasteiger partial charge < -0.3 is 0 Å². The molecule has 68 valence electrons. The maximum absolute atomic E-state index is 5.63. The third-order valence-corrected chi connectivity index (χ3v) is 2.69. The molecule has 0 unspecified atom stereocenters. The zero-order valence-electron chi connectivity index (χ0n) is 6.67. The van der Waals surface area contributed by atoms with E-state index in [4.69, 9.17) is 46.4 Å². The van der Waals surface area contributed by atoms with Gasteiger partial charge in [-0.1, -0.05) is 60.3 Å². The number of halogens is 4. The van der Waals surface area contributed by atoms with E-state index in [0.717, 1.165) is 0 Å². The highest BCUT2D eigenvalue weighted by molar-refractivity contribution is 6.51. The van der Waals surface area contributed by atoms with Crippen molar-refractivity contribution < 1.29 is 0 Å². The summed E-state index contributed by atoms with van der Waals surface area (Å²) in [5.41, 5.74) is 0. The third kappa shape index (κ3) is 3.02. The van der Waals surface area contributed by atoms with Gasteiger partial charge >= 0.3 is 0 Å². The molecule has 1 aromatic rings. The van der Waals surface area contributed by atoms with Crippen LogP contribution in [0.5, 0.6) is 0 Å². The molecule has 4 heteroatoms. The van der Waals surface area contributed by atoms with Crippen LogP contribution in [-0.4, -0.2) is 0 Å². The second-order valence-electron chi connectivity index (χ2n) is 1.66. The van der Waals surface area contributed by atoms with Crippen LogP contribution in [-0.2, 0) is 0 Å². The van der Waals surface area contributed by atoms with Gasteiger partial charge in [0.15, 0.2) is 0 Å². The summed E-state index contributed by atoms with van der Waals surface area (Å²) < 4.78 is 0. The molecule has 0 radical (unpaired) electrons. The van der Waals surface area contributed by atoms with Crippen molar-refractivity contribution in [3.8, 4) is 0 Å². The summed E-state index contributed by atoms with van der Waals surface area (Å²) in [6.07, 6.45) is 0. The third-order valence-electron chi connectivity index (χ3n) is 0.988. The normalized spacial score (nSPS) is 8.83. The van der Waals surface area contributed by atoms with Crippen LogP contribution in [0.4, 0.5) is 0 Å². The minimum atomic E-state index is 0.302. The molecule has 0 aliphatic heterocycles. The Morgan fingerprint density at radius 2 is 1.00 bits per heavy atom. The van der Waals surface area contributed by atoms with Gasteiger partial charge in [0.05, 0.1) is 20.1 Å². The van der Waals surface area contributed by atoms with Crippen LogP contribution in [0.15, 0.2) is 12.1 Å². The summed E-state index contributed by atoms with van der Waals surface area (Å²) in [5.74, 6) is 0. The summed E-state index contributed by atoms with van der Waals surface area (Å²) in [6, 6.07) is 3.19. The van der Waals surface area contributed by atoms with Crippen molar-refractivity contribution >= 4 is 46.4 Å². The van der Waals surface area contributed by atoms with Crippen LogP contribution in [0.25, 0.3) is 0 Å². The molecule has 0 bridgehead atoms. The fraction of sp³-hybridized carbons (Fsp3) is 0.250. The van der Waals surface area contributed by atoms with Crippen LogP contribution in [0, 0.1) is 0 Å². The molecule has 1 aromatic carbocycles. The Balaban J connectivity index is 0.000000561. The smallest absolute Gasteiger partial charge is 0.0793 e. The first-order valence-corrected chi connectivity index (χ1v) is 4.93. The predicted molar refractivity (Wildman–Crippen MR) is 57.8 cm³/mol. The monoisotopic (exact) mass is 244 g/mol. The van der Waals surface area contributed by atoms with Crippen LogP contribution < -0.4 is 0 Å². The molecule has 0 aliphatic carbocycles. The standard InChI is InChI=1S/C6H2Cl4.C2H6/c7-3-1-2-4(8)6(10)5(3)9;1-2/h1-2H;1-2H3. The Labute approximate surface area is 92.4 Å². The second-order valence-corrected chi connectivity index (χ2v) is 3.23. The number of hydrogen-bond acceptors (Lipinski definition) is 0. The van der Waals surface area contributed by atoms with Crippen LogP contribution in [0.2, 0.25) is 20.1 Å². The molecule has 12 heavy (non-hydrogen) atoms. The summed E-state index contributed by atoms with van der Waals surface area (Å²) in [7, 11) is 0. The molecule has 0 saturated heterocycles. The van der Waals surface area contributed by atoms with Crippen molar-refractivity contribution in [2.45, 2.75) is 13.8 Å². The molecule has 0 aliphatic rings. The Morgan fingerprint density at radius 3 is 1.25 bits per heavy atom. The van der Waals surface area contributed by atoms with E-state index in [1.165, 1.54) is 0 Å². The zero-order valence-corrected chi connectivity index (χ0v) is 9.69. The van der Waals surface area contributed by atoms with Crippen LogP contribution in [0.3, 0.4) is 0 Å². The van der Waals surface area contributed by atoms with Gasteiger partial charge in [0, 0.05) is 0 Å². The Hall–Kier alpha value is 0.380. The van der Waals surface area contributed by atoms with Crippen molar-refractivity contribution in [3.63, 3.8) is 0 Å². The highest BCUT2D eigenvalue weighted by Gasteiger charge is 2.05. The quantitative estimate of drug-likeness (QED) is 0.428. The first kappa shape index (κ1) is 12.4. The Morgan fingerprint density at radius 1 is 0.750 bits per heavy atom. The molecule has 1 rings (SSSR count). The van der Waals surface area contributed by atoms with E-state index >= 15 is 0 Å². The van der Waals surface area contributed by atoms with Gasteiger partial charge in [-0.25, -0.2) is 0 Å². The molecular weight excluding hydrogens is 238 g/mol. The van der Waals surface area contributed by atoms with Gasteiger partial charge in [-0.3, -0.25) is 0 Å². The van der Waals surface area contributed by atoms with Gasteiger partial charge in [0.1, 0.15) is 0 Å². The lowest BCUT2D eigenvalue weighted by Gasteiger charge is -1.98. The topological polar surface area (TPSA) is 0 Å².